The van der Waals surface area contributed by atoms with Gasteiger partial charge >= 0.3 is 0 Å². The zero-order chi connectivity index (χ0) is 21.5. The molecule has 1 saturated carbocycles. The molecule has 2 aromatic rings. The number of methoxy groups -OCH3 is 1. The smallest absolute Gasteiger partial charge is 0.247 e. The van der Waals surface area contributed by atoms with E-state index in [0.717, 1.165) is 31.2 Å². The zero-order valence-electron chi connectivity index (χ0n) is 16.9. The summed E-state index contributed by atoms with van der Waals surface area (Å²) in [6, 6.07) is 12.1. The van der Waals surface area contributed by atoms with Crippen LogP contribution < -0.4 is 10.1 Å². The molecule has 1 aliphatic carbocycles. The largest absolute Gasteiger partial charge is 0.496 e. The van der Waals surface area contributed by atoms with E-state index in [1.54, 1.807) is 13.2 Å². The highest BCUT2D eigenvalue weighted by Gasteiger charge is 2.33. The number of carbonyl (C=O) groups excluding carboxylic acids is 2. The van der Waals surface area contributed by atoms with Gasteiger partial charge in [-0.3, -0.25) is 9.59 Å². The second-order valence-corrected chi connectivity index (χ2v) is 7.68. The molecule has 3 rings (SSSR count). The number of hydrogen-bond acceptors (Lipinski definition) is 3. The fourth-order valence-corrected chi connectivity index (χ4v) is 4.04. The SMILES string of the molecule is COc1ccccc1CN(C(=O)CCl)[C@@H](C(=O)NC1CCCC1)c1ccc(F)cc1. The number of hydrogen-bond donors (Lipinski definition) is 1. The molecule has 0 heterocycles. The van der Waals surface area contributed by atoms with Crippen molar-refractivity contribution in [3.05, 3.63) is 65.5 Å². The number of rotatable bonds is 8. The lowest BCUT2D eigenvalue weighted by molar-refractivity contribution is -0.140. The number of ether oxygens (including phenoxy) is 1. The van der Waals surface area contributed by atoms with E-state index in [0.29, 0.717) is 11.3 Å². The average Bonchev–Trinajstić information content (AvgIpc) is 3.27. The Morgan fingerprint density at radius 2 is 1.83 bits per heavy atom. The van der Waals surface area contributed by atoms with E-state index in [2.05, 4.69) is 5.32 Å². The normalized spacial score (nSPS) is 14.9. The first kappa shape index (κ1) is 22.1. The fourth-order valence-electron chi connectivity index (χ4n) is 3.89. The highest BCUT2D eigenvalue weighted by molar-refractivity contribution is 6.27. The Morgan fingerprint density at radius 3 is 2.47 bits per heavy atom. The van der Waals surface area contributed by atoms with Crippen molar-refractivity contribution < 1.29 is 18.7 Å². The number of halogens is 2. The number of alkyl halides is 1. The van der Waals surface area contributed by atoms with E-state index in [4.69, 9.17) is 16.3 Å². The van der Waals surface area contributed by atoms with Gasteiger partial charge < -0.3 is 15.0 Å². The van der Waals surface area contributed by atoms with Crippen LogP contribution in [0.4, 0.5) is 4.39 Å². The molecule has 0 bridgehead atoms. The summed E-state index contributed by atoms with van der Waals surface area (Å²) >= 11 is 5.90. The number of nitrogens with one attached hydrogen (secondary N) is 1. The van der Waals surface area contributed by atoms with Gasteiger partial charge in [-0.15, -0.1) is 11.6 Å². The van der Waals surface area contributed by atoms with Crippen LogP contribution in [0.15, 0.2) is 48.5 Å². The van der Waals surface area contributed by atoms with Gasteiger partial charge in [0, 0.05) is 11.6 Å². The first-order valence-corrected chi connectivity index (χ1v) is 10.6. The molecule has 1 N–H and O–H groups in total. The van der Waals surface area contributed by atoms with E-state index in [1.807, 2.05) is 18.2 Å². The van der Waals surface area contributed by atoms with Gasteiger partial charge in [0.2, 0.25) is 11.8 Å². The van der Waals surface area contributed by atoms with E-state index in [9.17, 15) is 14.0 Å². The van der Waals surface area contributed by atoms with Crippen LogP contribution in [-0.4, -0.2) is 35.7 Å². The fraction of sp³-hybridized carbons (Fsp3) is 0.391. The van der Waals surface area contributed by atoms with Crippen molar-refractivity contribution in [3.63, 3.8) is 0 Å². The van der Waals surface area contributed by atoms with Gasteiger partial charge in [0.05, 0.1) is 13.7 Å². The summed E-state index contributed by atoms with van der Waals surface area (Å²) in [4.78, 5) is 27.6. The molecule has 7 heteroatoms. The predicted molar refractivity (Wildman–Crippen MR) is 114 cm³/mol. The third kappa shape index (κ3) is 5.30. The van der Waals surface area contributed by atoms with Gasteiger partial charge in [0.15, 0.2) is 0 Å². The molecule has 1 fully saturated rings. The highest BCUT2D eigenvalue weighted by Crippen LogP contribution is 2.28. The Labute approximate surface area is 181 Å². The highest BCUT2D eigenvalue weighted by atomic mass is 35.5. The summed E-state index contributed by atoms with van der Waals surface area (Å²) in [6.07, 6.45) is 3.96. The topological polar surface area (TPSA) is 58.6 Å². The van der Waals surface area contributed by atoms with E-state index in [-0.39, 0.29) is 24.4 Å². The van der Waals surface area contributed by atoms with Crippen LogP contribution in [0.25, 0.3) is 0 Å². The molecule has 1 atom stereocenters. The summed E-state index contributed by atoms with van der Waals surface area (Å²) in [7, 11) is 1.55. The lowest BCUT2D eigenvalue weighted by Crippen LogP contribution is -2.46. The lowest BCUT2D eigenvalue weighted by atomic mass is 10.0. The van der Waals surface area contributed by atoms with Crippen molar-refractivity contribution in [1.29, 1.82) is 0 Å². The quantitative estimate of drug-likeness (QED) is 0.636. The lowest BCUT2D eigenvalue weighted by Gasteiger charge is -2.32. The Morgan fingerprint density at radius 1 is 1.17 bits per heavy atom. The third-order valence-electron chi connectivity index (χ3n) is 5.42. The Kier molecular flexibility index (Phi) is 7.69. The molecule has 2 aromatic carbocycles. The molecule has 2 amide bonds. The maximum atomic E-state index is 13.5. The van der Waals surface area contributed by atoms with Gasteiger partial charge in [-0.25, -0.2) is 4.39 Å². The monoisotopic (exact) mass is 432 g/mol. The van der Waals surface area contributed by atoms with Crippen LogP contribution in [0.1, 0.15) is 42.9 Å². The zero-order valence-corrected chi connectivity index (χ0v) is 17.7. The Bertz CT molecular complexity index is 869. The van der Waals surface area contributed by atoms with E-state index >= 15 is 0 Å². The molecule has 0 radical (unpaired) electrons. The molecule has 0 spiro atoms. The van der Waals surface area contributed by atoms with Crippen LogP contribution in [-0.2, 0) is 16.1 Å². The van der Waals surface area contributed by atoms with Crippen molar-refractivity contribution in [2.45, 2.75) is 44.3 Å². The van der Waals surface area contributed by atoms with Crippen LogP contribution in [0, 0.1) is 5.82 Å². The summed E-state index contributed by atoms with van der Waals surface area (Å²) in [6.45, 7) is 0.135. The van der Waals surface area contributed by atoms with Crippen molar-refractivity contribution in [1.82, 2.24) is 10.2 Å². The Hall–Kier alpha value is -2.60. The number of carbonyl (C=O) groups is 2. The molecule has 0 aliphatic heterocycles. The minimum absolute atomic E-state index is 0.0830. The van der Waals surface area contributed by atoms with Gasteiger partial charge in [-0.05, 0) is 36.6 Å². The van der Waals surface area contributed by atoms with Gasteiger partial charge in [0.25, 0.3) is 0 Å². The van der Waals surface area contributed by atoms with Crippen molar-refractivity contribution in [2.24, 2.45) is 0 Å². The summed E-state index contributed by atoms with van der Waals surface area (Å²) in [5, 5.41) is 3.06. The van der Waals surface area contributed by atoms with Crippen LogP contribution in [0.3, 0.4) is 0 Å². The van der Waals surface area contributed by atoms with Crippen molar-refractivity contribution >= 4 is 23.4 Å². The summed E-state index contributed by atoms with van der Waals surface area (Å²) in [5.74, 6) is -0.753. The molecule has 0 unspecified atom stereocenters. The van der Waals surface area contributed by atoms with Gasteiger partial charge in [0.1, 0.15) is 23.5 Å². The second kappa shape index (κ2) is 10.4. The summed E-state index contributed by atoms with van der Waals surface area (Å²) in [5.41, 5.74) is 1.28. The van der Waals surface area contributed by atoms with Crippen molar-refractivity contribution in [2.75, 3.05) is 13.0 Å². The van der Waals surface area contributed by atoms with Crippen LogP contribution >= 0.6 is 11.6 Å². The molecule has 30 heavy (non-hydrogen) atoms. The maximum absolute atomic E-state index is 13.5. The van der Waals surface area contributed by atoms with Gasteiger partial charge in [-0.2, -0.15) is 0 Å². The van der Waals surface area contributed by atoms with E-state index in [1.165, 1.54) is 29.2 Å². The third-order valence-corrected chi connectivity index (χ3v) is 5.64. The number of benzene rings is 2. The number of amides is 2. The molecule has 0 saturated heterocycles. The van der Waals surface area contributed by atoms with Gasteiger partial charge in [-0.1, -0.05) is 43.2 Å². The molecule has 0 aromatic heterocycles. The first-order chi connectivity index (χ1) is 14.5. The molecule has 5 nitrogen and oxygen atoms in total. The van der Waals surface area contributed by atoms with Crippen LogP contribution in [0.2, 0.25) is 0 Å². The van der Waals surface area contributed by atoms with Crippen molar-refractivity contribution in [3.8, 4) is 5.75 Å². The minimum atomic E-state index is -0.928. The van der Waals surface area contributed by atoms with Crippen LogP contribution in [0.5, 0.6) is 5.75 Å². The van der Waals surface area contributed by atoms with E-state index < -0.39 is 17.8 Å². The molecular weight excluding hydrogens is 407 g/mol. The number of nitrogens with zero attached hydrogens (tertiary/aromatic N) is 1. The molecular formula is C23H26ClFN2O3. The predicted octanol–water partition coefficient (Wildman–Crippen LogP) is 4.20. The second-order valence-electron chi connectivity index (χ2n) is 7.41. The minimum Gasteiger partial charge on any atom is -0.496 e. The maximum Gasteiger partial charge on any atom is 0.247 e. The first-order valence-electron chi connectivity index (χ1n) is 10.1. The average molecular weight is 433 g/mol. The summed E-state index contributed by atoms with van der Waals surface area (Å²) < 4.78 is 18.9. The Balaban J connectivity index is 1.97. The molecule has 1 aliphatic rings. The standard InChI is InChI=1S/C23H26ClFN2O3/c1-30-20-9-5-2-6-17(20)15-27(21(28)14-24)22(16-10-12-18(25)13-11-16)23(29)26-19-7-3-4-8-19/h2,5-6,9-13,19,22H,3-4,7-8,14-15H2,1H3,(H,26,29)/t22-/m1/s1. The number of para-hydroxylation sites is 1. The molecule has 160 valence electrons.